The van der Waals surface area contributed by atoms with Crippen LogP contribution in [0.2, 0.25) is 5.02 Å². The molecule has 31 heavy (non-hydrogen) atoms. The number of aryl methyl sites for hydroxylation is 1. The van der Waals surface area contributed by atoms with E-state index in [4.69, 9.17) is 11.6 Å². The number of carbonyl (C=O) groups is 1. The summed E-state index contributed by atoms with van der Waals surface area (Å²) < 4.78 is 1.87. The number of carbonyl (C=O) groups excluding carboxylic acids is 1. The van der Waals surface area contributed by atoms with Crippen LogP contribution in [0.25, 0.3) is 0 Å². The van der Waals surface area contributed by atoms with Crippen LogP contribution in [0.5, 0.6) is 0 Å². The monoisotopic (exact) mass is 472 g/mol. The predicted octanol–water partition coefficient (Wildman–Crippen LogP) is 4.62. The van der Waals surface area contributed by atoms with Crippen LogP contribution >= 0.6 is 34.7 Å². The Bertz CT molecular complexity index is 1130. The topological polar surface area (TPSA) is 95.6 Å². The fourth-order valence-corrected chi connectivity index (χ4v) is 5.55. The van der Waals surface area contributed by atoms with Crippen molar-refractivity contribution >= 4 is 51.3 Å². The predicted molar refractivity (Wildman–Crippen MR) is 125 cm³/mol. The minimum atomic E-state index is -0.149. The molecule has 7 nitrogen and oxygen atoms in total. The molecule has 1 aliphatic carbocycles. The van der Waals surface area contributed by atoms with Crippen LogP contribution in [-0.4, -0.2) is 26.4 Å². The SMILES string of the molecule is Cn1c(CNc2ccc(Cl)cc2)nnc1SCC(=O)Nc1sc2c(c1C#N)CCCC2. The molecule has 1 aliphatic rings. The molecule has 0 bridgehead atoms. The average molecular weight is 473 g/mol. The summed E-state index contributed by atoms with van der Waals surface area (Å²) in [5, 5.41) is 26.2. The fourth-order valence-electron chi connectivity index (χ4n) is 3.44. The first-order valence-corrected chi connectivity index (χ1v) is 12.1. The Hall–Kier alpha value is -2.54. The van der Waals surface area contributed by atoms with Crippen molar-refractivity contribution < 1.29 is 4.79 Å². The van der Waals surface area contributed by atoms with Gasteiger partial charge in [0.05, 0.1) is 17.9 Å². The van der Waals surface area contributed by atoms with Crippen LogP contribution in [0, 0.1) is 11.3 Å². The second kappa shape index (κ2) is 9.73. The summed E-state index contributed by atoms with van der Waals surface area (Å²) >= 11 is 8.76. The van der Waals surface area contributed by atoms with Gasteiger partial charge >= 0.3 is 0 Å². The van der Waals surface area contributed by atoms with Crippen LogP contribution in [0.3, 0.4) is 0 Å². The lowest BCUT2D eigenvalue weighted by atomic mass is 9.96. The molecule has 0 saturated carbocycles. The Morgan fingerprint density at radius 2 is 2.06 bits per heavy atom. The van der Waals surface area contributed by atoms with Gasteiger partial charge < -0.3 is 15.2 Å². The standard InChI is InChI=1S/C21H21ClN6OS2/c1-28-18(11-24-14-8-6-13(22)7-9-14)26-27-21(28)30-12-19(29)25-20-16(10-23)15-4-2-3-5-17(15)31-20/h6-9,24H,2-5,11-12H2,1H3,(H,25,29). The molecule has 0 fully saturated rings. The van der Waals surface area contributed by atoms with Crippen molar-refractivity contribution in [1.82, 2.24) is 14.8 Å². The summed E-state index contributed by atoms with van der Waals surface area (Å²) in [6, 6.07) is 9.72. The van der Waals surface area contributed by atoms with Crippen molar-refractivity contribution in [1.29, 1.82) is 5.26 Å². The van der Waals surface area contributed by atoms with Gasteiger partial charge in [-0.15, -0.1) is 21.5 Å². The molecule has 0 atom stereocenters. The molecule has 2 heterocycles. The lowest BCUT2D eigenvalue weighted by molar-refractivity contribution is -0.113. The molecule has 2 aromatic heterocycles. The number of anilines is 2. The molecule has 1 amide bonds. The number of thiophene rings is 1. The molecule has 0 spiro atoms. The molecule has 10 heteroatoms. The Labute approximate surface area is 193 Å². The molecule has 1 aromatic carbocycles. The Morgan fingerprint density at radius 1 is 1.29 bits per heavy atom. The lowest BCUT2D eigenvalue weighted by Gasteiger charge is -2.09. The molecule has 0 unspecified atom stereocenters. The number of nitrogens with zero attached hydrogens (tertiary/aromatic N) is 4. The van der Waals surface area contributed by atoms with Crippen molar-refractivity contribution in [3.63, 3.8) is 0 Å². The number of fused-ring (bicyclic) bond motifs is 1. The first-order chi connectivity index (χ1) is 15.0. The summed E-state index contributed by atoms with van der Waals surface area (Å²) in [6.07, 6.45) is 4.15. The van der Waals surface area contributed by atoms with Gasteiger partial charge in [0.25, 0.3) is 0 Å². The lowest BCUT2D eigenvalue weighted by Crippen LogP contribution is -2.14. The van der Waals surface area contributed by atoms with Gasteiger partial charge in [-0.1, -0.05) is 23.4 Å². The van der Waals surface area contributed by atoms with Crippen LogP contribution in [0.4, 0.5) is 10.7 Å². The first kappa shape index (κ1) is 21.7. The summed E-state index contributed by atoms with van der Waals surface area (Å²) in [5.74, 6) is 0.809. The number of halogens is 1. The molecule has 4 rings (SSSR count). The number of benzene rings is 1. The third-order valence-electron chi connectivity index (χ3n) is 5.09. The molecular weight excluding hydrogens is 452 g/mol. The Morgan fingerprint density at radius 3 is 2.84 bits per heavy atom. The van der Waals surface area contributed by atoms with E-state index in [0.29, 0.717) is 27.3 Å². The van der Waals surface area contributed by atoms with E-state index in [1.807, 2.05) is 35.9 Å². The van der Waals surface area contributed by atoms with Crippen LogP contribution in [0.1, 0.15) is 34.7 Å². The molecule has 0 aliphatic heterocycles. The van der Waals surface area contributed by atoms with Crippen molar-refractivity contribution in [3.05, 3.63) is 51.1 Å². The number of aromatic nitrogens is 3. The highest BCUT2D eigenvalue weighted by atomic mass is 35.5. The van der Waals surface area contributed by atoms with E-state index in [2.05, 4.69) is 26.9 Å². The smallest absolute Gasteiger partial charge is 0.235 e. The third kappa shape index (κ3) is 5.03. The highest BCUT2D eigenvalue weighted by Gasteiger charge is 2.22. The van der Waals surface area contributed by atoms with Gasteiger partial charge in [-0.25, -0.2) is 0 Å². The first-order valence-electron chi connectivity index (χ1n) is 9.90. The van der Waals surface area contributed by atoms with E-state index in [1.165, 1.54) is 28.0 Å². The van der Waals surface area contributed by atoms with Crippen molar-refractivity contribution in [2.45, 2.75) is 37.4 Å². The number of nitriles is 1. The fraction of sp³-hybridized carbons (Fsp3) is 0.333. The molecule has 160 valence electrons. The number of thioether (sulfide) groups is 1. The number of nitrogens with one attached hydrogen (secondary N) is 2. The van der Waals surface area contributed by atoms with Gasteiger partial charge in [0, 0.05) is 22.6 Å². The van der Waals surface area contributed by atoms with Gasteiger partial charge in [0.2, 0.25) is 5.91 Å². The van der Waals surface area contributed by atoms with E-state index in [9.17, 15) is 10.1 Å². The van der Waals surface area contributed by atoms with E-state index in [-0.39, 0.29) is 11.7 Å². The zero-order valence-corrected chi connectivity index (χ0v) is 19.3. The van der Waals surface area contributed by atoms with Crippen LogP contribution < -0.4 is 10.6 Å². The van der Waals surface area contributed by atoms with E-state index in [1.54, 1.807) is 0 Å². The van der Waals surface area contributed by atoms with Gasteiger partial charge in [-0.05, 0) is 55.5 Å². The minimum absolute atomic E-state index is 0.149. The maximum Gasteiger partial charge on any atom is 0.235 e. The summed E-state index contributed by atoms with van der Waals surface area (Å²) in [4.78, 5) is 13.7. The zero-order valence-electron chi connectivity index (χ0n) is 16.9. The molecule has 2 N–H and O–H groups in total. The third-order valence-corrected chi connectivity index (χ3v) is 7.57. The summed E-state index contributed by atoms with van der Waals surface area (Å²) in [7, 11) is 1.88. The van der Waals surface area contributed by atoms with E-state index < -0.39 is 0 Å². The Balaban J connectivity index is 1.33. The van der Waals surface area contributed by atoms with E-state index in [0.717, 1.165) is 42.8 Å². The van der Waals surface area contributed by atoms with Crippen molar-refractivity contribution in [2.24, 2.45) is 7.05 Å². The number of rotatable bonds is 7. The molecule has 0 saturated heterocycles. The molecule has 0 radical (unpaired) electrons. The highest BCUT2D eigenvalue weighted by molar-refractivity contribution is 7.99. The zero-order chi connectivity index (χ0) is 21.8. The second-order valence-electron chi connectivity index (χ2n) is 7.18. The van der Waals surface area contributed by atoms with Gasteiger partial charge in [-0.2, -0.15) is 5.26 Å². The second-order valence-corrected chi connectivity index (χ2v) is 9.67. The summed E-state index contributed by atoms with van der Waals surface area (Å²) in [5.41, 5.74) is 2.69. The normalized spacial score (nSPS) is 12.8. The van der Waals surface area contributed by atoms with Crippen molar-refractivity contribution in [2.75, 3.05) is 16.4 Å². The van der Waals surface area contributed by atoms with Gasteiger partial charge in [0.15, 0.2) is 11.0 Å². The quantitative estimate of drug-likeness (QED) is 0.487. The average Bonchev–Trinajstić information content (AvgIpc) is 3.31. The summed E-state index contributed by atoms with van der Waals surface area (Å²) in [6.45, 7) is 0.504. The number of hydrogen-bond donors (Lipinski definition) is 2. The van der Waals surface area contributed by atoms with Crippen LogP contribution in [-0.2, 0) is 31.2 Å². The number of amides is 1. The van der Waals surface area contributed by atoms with Gasteiger partial charge in [-0.3, -0.25) is 4.79 Å². The largest absolute Gasteiger partial charge is 0.378 e. The maximum atomic E-state index is 12.5. The molecule has 3 aromatic rings. The Kier molecular flexibility index (Phi) is 6.80. The molecular formula is C21H21ClN6OS2. The van der Waals surface area contributed by atoms with E-state index >= 15 is 0 Å². The van der Waals surface area contributed by atoms with Crippen LogP contribution in [0.15, 0.2) is 29.4 Å². The van der Waals surface area contributed by atoms with Gasteiger partial charge in [0.1, 0.15) is 11.1 Å². The minimum Gasteiger partial charge on any atom is -0.378 e. The highest BCUT2D eigenvalue weighted by Crippen LogP contribution is 2.37. The number of hydrogen-bond acceptors (Lipinski definition) is 7. The van der Waals surface area contributed by atoms with Crippen molar-refractivity contribution in [3.8, 4) is 6.07 Å². The maximum absolute atomic E-state index is 12.5.